The predicted octanol–water partition coefficient (Wildman–Crippen LogP) is 4.79. The lowest BCUT2D eigenvalue weighted by Gasteiger charge is -2.36. The Hall–Kier alpha value is -2.35. The van der Waals surface area contributed by atoms with Crippen LogP contribution in [0.15, 0.2) is 41.8 Å². The lowest BCUT2D eigenvalue weighted by molar-refractivity contribution is -0.130. The van der Waals surface area contributed by atoms with Crippen LogP contribution in [0.25, 0.3) is 0 Å². The van der Waals surface area contributed by atoms with Gasteiger partial charge >= 0.3 is 0 Å². The molecule has 0 atom stereocenters. The van der Waals surface area contributed by atoms with Crippen LogP contribution in [0.1, 0.15) is 11.4 Å². The number of benzene rings is 1. The number of pyridine rings is 1. The molecule has 0 unspecified atom stereocenters. The summed E-state index contributed by atoms with van der Waals surface area (Å²) in [5, 5.41) is 6.94. The zero-order valence-electron chi connectivity index (χ0n) is 16.4. The topological polar surface area (TPSA) is 61.4 Å². The second-order valence-corrected chi connectivity index (χ2v) is 8.75. The van der Waals surface area contributed by atoms with Gasteiger partial charge in [-0.25, -0.2) is 9.97 Å². The van der Waals surface area contributed by atoms with Gasteiger partial charge in [-0.1, -0.05) is 29.3 Å². The molecule has 0 spiro atoms. The van der Waals surface area contributed by atoms with Crippen LogP contribution in [0.5, 0.6) is 0 Å². The fraction of sp³-hybridized carbons (Fsp3) is 0.286. The van der Waals surface area contributed by atoms with Crippen molar-refractivity contribution in [1.82, 2.24) is 14.9 Å². The summed E-state index contributed by atoms with van der Waals surface area (Å²) in [5.41, 5.74) is 2.73. The van der Waals surface area contributed by atoms with Gasteiger partial charge in [0, 0.05) is 42.9 Å². The molecule has 0 radical (unpaired) electrons. The molecule has 1 aromatic carbocycles. The van der Waals surface area contributed by atoms with Gasteiger partial charge < -0.3 is 15.1 Å². The van der Waals surface area contributed by atoms with Crippen LogP contribution in [0.3, 0.4) is 0 Å². The van der Waals surface area contributed by atoms with Gasteiger partial charge in [0.25, 0.3) is 0 Å². The number of halogens is 2. The molecular weight excluding hydrogens is 441 g/mol. The molecule has 1 fully saturated rings. The quantitative estimate of drug-likeness (QED) is 0.591. The molecule has 3 heterocycles. The first kappa shape index (κ1) is 20.9. The number of anilines is 3. The van der Waals surface area contributed by atoms with Crippen LogP contribution in [-0.4, -0.2) is 47.0 Å². The molecule has 1 amide bonds. The van der Waals surface area contributed by atoms with Gasteiger partial charge in [0.2, 0.25) is 5.91 Å². The van der Waals surface area contributed by atoms with E-state index in [2.05, 4.69) is 20.2 Å². The minimum absolute atomic E-state index is 0.0920. The summed E-state index contributed by atoms with van der Waals surface area (Å²) in [4.78, 5) is 25.8. The Bertz CT molecular complexity index is 1050. The highest BCUT2D eigenvalue weighted by molar-refractivity contribution is 7.13. The lowest BCUT2D eigenvalue weighted by Crippen LogP contribution is -2.49. The van der Waals surface area contributed by atoms with Gasteiger partial charge in [0.05, 0.1) is 22.2 Å². The summed E-state index contributed by atoms with van der Waals surface area (Å²) in [5.74, 6) is 0.843. The van der Waals surface area contributed by atoms with E-state index in [9.17, 15) is 4.79 Å². The lowest BCUT2D eigenvalue weighted by atomic mass is 10.2. The number of aromatic nitrogens is 2. The van der Waals surface area contributed by atoms with E-state index >= 15 is 0 Å². The number of hydrogen-bond acceptors (Lipinski definition) is 6. The summed E-state index contributed by atoms with van der Waals surface area (Å²) in [7, 11) is 0. The highest BCUT2D eigenvalue weighted by atomic mass is 35.5. The third-order valence-electron chi connectivity index (χ3n) is 4.91. The minimum atomic E-state index is 0.0920. The van der Waals surface area contributed by atoms with E-state index in [4.69, 9.17) is 23.2 Å². The van der Waals surface area contributed by atoms with Gasteiger partial charge in [-0.3, -0.25) is 4.79 Å². The summed E-state index contributed by atoms with van der Waals surface area (Å²) in [6, 6.07) is 11.4. The number of piperazine rings is 1. The first-order chi connectivity index (χ1) is 14.5. The van der Waals surface area contributed by atoms with Crippen molar-refractivity contribution < 1.29 is 4.79 Å². The molecular formula is C21H21Cl2N5OS. The Morgan fingerprint density at radius 3 is 2.63 bits per heavy atom. The van der Waals surface area contributed by atoms with Crippen molar-refractivity contribution in [3.8, 4) is 0 Å². The number of hydrogen-bond donors (Lipinski definition) is 1. The van der Waals surface area contributed by atoms with Crippen LogP contribution < -0.4 is 10.2 Å². The highest BCUT2D eigenvalue weighted by Crippen LogP contribution is 2.28. The summed E-state index contributed by atoms with van der Waals surface area (Å²) >= 11 is 13.6. The molecule has 6 nitrogen and oxygen atoms in total. The second kappa shape index (κ2) is 9.20. The summed E-state index contributed by atoms with van der Waals surface area (Å²) in [6.07, 6.45) is 0.298. The Balaban J connectivity index is 1.31. The van der Waals surface area contributed by atoms with E-state index in [1.807, 2.05) is 47.5 Å². The highest BCUT2D eigenvalue weighted by Gasteiger charge is 2.22. The zero-order valence-corrected chi connectivity index (χ0v) is 18.8. The third-order valence-corrected chi connectivity index (χ3v) is 6.45. The maximum absolute atomic E-state index is 12.7. The van der Waals surface area contributed by atoms with Crippen molar-refractivity contribution in [3.63, 3.8) is 0 Å². The number of thiazole rings is 1. The number of nitrogens with one attached hydrogen (secondary N) is 1. The third kappa shape index (κ3) is 5.03. The fourth-order valence-corrected chi connectivity index (χ4v) is 4.34. The smallest absolute Gasteiger partial charge is 0.228 e. The number of carbonyl (C=O) groups is 1. The molecule has 9 heteroatoms. The van der Waals surface area contributed by atoms with Crippen molar-refractivity contribution in [1.29, 1.82) is 0 Å². The molecule has 1 saturated heterocycles. The number of rotatable bonds is 5. The number of carbonyl (C=O) groups excluding carboxylic acids is 1. The normalized spacial score (nSPS) is 14.1. The zero-order chi connectivity index (χ0) is 21.1. The molecule has 0 saturated carbocycles. The largest absolute Gasteiger partial charge is 0.368 e. The number of amides is 1. The average Bonchev–Trinajstić information content (AvgIpc) is 3.17. The maximum Gasteiger partial charge on any atom is 0.228 e. The molecule has 1 aliphatic heterocycles. The molecule has 156 valence electrons. The van der Waals surface area contributed by atoms with Crippen LogP contribution in [0.2, 0.25) is 10.0 Å². The van der Waals surface area contributed by atoms with Gasteiger partial charge in [-0.05, 0) is 37.3 Å². The van der Waals surface area contributed by atoms with Gasteiger partial charge in [-0.15, -0.1) is 11.3 Å². The first-order valence-corrected chi connectivity index (χ1v) is 11.2. The second-order valence-electron chi connectivity index (χ2n) is 7.08. The molecule has 1 aliphatic rings. The van der Waals surface area contributed by atoms with E-state index in [-0.39, 0.29) is 5.91 Å². The van der Waals surface area contributed by atoms with Gasteiger partial charge in [0.15, 0.2) is 5.13 Å². The predicted molar refractivity (Wildman–Crippen MR) is 123 cm³/mol. The number of aryl methyl sites for hydroxylation is 1. The number of nitrogens with zero attached hydrogens (tertiary/aromatic N) is 4. The fourth-order valence-electron chi connectivity index (χ4n) is 3.33. The van der Waals surface area contributed by atoms with Crippen LogP contribution >= 0.6 is 34.5 Å². The van der Waals surface area contributed by atoms with Crippen molar-refractivity contribution >= 4 is 57.1 Å². The Kier molecular flexibility index (Phi) is 6.41. The minimum Gasteiger partial charge on any atom is -0.368 e. The van der Waals surface area contributed by atoms with Gasteiger partial charge in [0.1, 0.15) is 5.82 Å². The monoisotopic (exact) mass is 461 g/mol. The van der Waals surface area contributed by atoms with Gasteiger partial charge in [-0.2, -0.15) is 0 Å². The molecule has 0 bridgehead atoms. The summed E-state index contributed by atoms with van der Waals surface area (Å²) < 4.78 is 0. The summed E-state index contributed by atoms with van der Waals surface area (Å²) in [6.45, 7) is 4.79. The van der Waals surface area contributed by atoms with Crippen molar-refractivity contribution in [2.24, 2.45) is 0 Å². The Morgan fingerprint density at radius 1 is 1.10 bits per heavy atom. The van der Waals surface area contributed by atoms with E-state index in [0.29, 0.717) is 29.6 Å². The van der Waals surface area contributed by atoms with E-state index < -0.39 is 0 Å². The van der Waals surface area contributed by atoms with Crippen molar-refractivity contribution in [2.75, 3.05) is 36.4 Å². The maximum atomic E-state index is 12.7. The standard InChI is InChI=1S/C21H21Cl2N5OS/c1-14-3-2-4-19(24-14)26-21-25-15(13-30-21)11-20(29)28-9-7-27(8-10-28)16-5-6-17(22)18(23)12-16/h2-6,12-13H,7-11H2,1H3,(H,24,25,26). The molecule has 30 heavy (non-hydrogen) atoms. The molecule has 2 aromatic heterocycles. The Labute approximate surface area is 189 Å². The van der Waals surface area contributed by atoms with E-state index in [1.165, 1.54) is 11.3 Å². The molecule has 0 aliphatic carbocycles. The van der Waals surface area contributed by atoms with Crippen molar-refractivity contribution in [2.45, 2.75) is 13.3 Å². The van der Waals surface area contributed by atoms with Crippen LogP contribution in [-0.2, 0) is 11.2 Å². The van der Waals surface area contributed by atoms with Crippen LogP contribution in [0, 0.1) is 6.92 Å². The van der Waals surface area contributed by atoms with Crippen LogP contribution in [0.4, 0.5) is 16.6 Å². The van der Waals surface area contributed by atoms with Crippen molar-refractivity contribution in [3.05, 3.63) is 63.2 Å². The molecule has 1 N–H and O–H groups in total. The van der Waals surface area contributed by atoms with E-state index in [1.54, 1.807) is 6.07 Å². The SMILES string of the molecule is Cc1cccc(Nc2nc(CC(=O)N3CCN(c4ccc(Cl)c(Cl)c4)CC3)cs2)n1. The molecule has 3 aromatic rings. The first-order valence-electron chi connectivity index (χ1n) is 9.61. The molecule has 4 rings (SSSR count). The Morgan fingerprint density at radius 2 is 1.90 bits per heavy atom. The average molecular weight is 462 g/mol. The van der Waals surface area contributed by atoms with E-state index in [0.717, 1.165) is 41.1 Å².